The lowest BCUT2D eigenvalue weighted by Gasteiger charge is -2.02. The van der Waals surface area contributed by atoms with Gasteiger partial charge in [0.25, 0.3) is 11.6 Å². The van der Waals surface area contributed by atoms with Gasteiger partial charge in [-0.3, -0.25) is 14.9 Å². The van der Waals surface area contributed by atoms with Crippen molar-refractivity contribution < 1.29 is 9.72 Å². The summed E-state index contributed by atoms with van der Waals surface area (Å²) in [7, 11) is 0. The number of allylic oxidation sites excluding steroid dienone is 2. The summed E-state index contributed by atoms with van der Waals surface area (Å²) in [6, 6.07) is 16.8. The lowest BCUT2D eigenvalue weighted by molar-refractivity contribution is -0.385. The van der Waals surface area contributed by atoms with E-state index in [0.29, 0.717) is 11.3 Å². The number of amides is 1. The van der Waals surface area contributed by atoms with Crippen molar-refractivity contribution in [1.29, 1.82) is 5.26 Å². The zero-order chi connectivity index (χ0) is 17.4. The Morgan fingerprint density at radius 1 is 1.12 bits per heavy atom. The van der Waals surface area contributed by atoms with E-state index in [-0.39, 0.29) is 11.3 Å². The number of anilines is 1. The van der Waals surface area contributed by atoms with Crippen molar-refractivity contribution in [3.05, 3.63) is 88.0 Å². The normalized spacial score (nSPS) is 11.0. The molecule has 0 fully saturated rings. The molecular weight excluding hydrogens is 306 g/mol. The van der Waals surface area contributed by atoms with Gasteiger partial charge >= 0.3 is 0 Å². The van der Waals surface area contributed by atoms with Gasteiger partial charge in [-0.15, -0.1) is 0 Å². The summed E-state index contributed by atoms with van der Waals surface area (Å²) in [6.45, 7) is 0. The molecule has 1 amide bonds. The maximum absolute atomic E-state index is 12.0. The predicted molar refractivity (Wildman–Crippen MR) is 90.9 cm³/mol. The van der Waals surface area contributed by atoms with Crippen LogP contribution in [0.15, 0.2) is 72.3 Å². The van der Waals surface area contributed by atoms with E-state index in [1.165, 1.54) is 24.3 Å². The van der Waals surface area contributed by atoms with Crippen LogP contribution < -0.4 is 5.32 Å². The maximum Gasteiger partial charge on any atom is 0.276 e. The second-order valence-electron chi connectivity index (χ2n) is 4.69. The van der Waals surface area contributed by atoms with Gasteiger partial charge in [-0.1, -0.05) is 36.4 Å². The Bertz CT molecular complexity index is 849. The highest BCUT2D eigenvalue weighted by Crippen LogP contribution is 2.19. The lowest BCUT2D eigenvalue weighted by atomic mass is 10.1. The summed E-state index contributed by atoms with van der Waals surface area (Å²) in [5, 5.41) is 22.6. The average Bonchev–Trinajstić information content (AvgIpc) is 2.59. The number of carbonyl (C=O) groups is 1. The van der Waals surface area contributed by atoms with Crippen LogP contribution >= 0.6 is 0 Å². The number of nitrogens with one attached hydrogen (secondary N) is 1. The molecule has 6 nitrogen and oxygen atoms in total. The van der Waals surface area contributed by atoms with Gasteiger partial charge in [-0.2, -0.15) is 5.26 Å². The molecule has 0 saturated heterocycles. The molecule has 24 heavy (non-hydrogen) atoms. The minimum atomic E-state index is -0.545. The third-order valence-corrected chi connectivity index (χ3v) is 3.07. The Balaban J connectivity index is 2.15. The molecule has 0 radical (unpaired) electrons. The summed E-state index contributed by atoms with van der Waals surface area (Å²) in [4.78, 5) is 22.5. The van der Waals surface area contributed by atoms with Gasteiger partial charge in [-0.05, 0) is 30.4 Å². The number of nitriles is 1. The first kappa shape index (κ1) is 16.6. The summed E-state index contributed by atoms with van der Waals surface area (Å²) in [6.07, 6.45) is 4.23. The maximum atomic E-state index is 12.0. The summed E-state index contributed by atoms with van der Waals surface area (Å²) >= 11 is 0. The van der Waals surface area contributed by atoms with Crippen LogP contribution in [0.4, 0.5) is 11.4 Å². The van der Waals surface area contributed by atoms with Gasteiger partial charge in [-0.25, -0.2) is 0 Å². The fourth-order valence-corrected chi connectivity index (χ4v) is 1.93. The van der Waals surface area contributed by atoms with Crippen LogP contribution in [0.3, 0.4) is 0 Å². The number of rotatable bonds is 5. The van der Waals surface area contributed by atoms with Crippen molar-refractivity contribution in [2.45, 2.75) is 0 Å². The fourth-order valence-electron chi connectivity index (χ4n) is 1.93. The molecule has 0 heterocycles. The van der Waals surface area contributed by atoms with Gasteiger partial charge < -0.3 is 5.32 Å². The number of nitro benzene ring substituents is 1. The van der Waals surface area contributed by atoms with Crippen LogP contribution in [0.2, 0.25) is 0 Å². The van der Waals surface area contributed by atoms with Crippen LogP contribution in [-0.4, -0.2) is 10.8 Å². The molecule has 0 bridgehead atoms. The minimum Gasteiger partial charge on any atom is -0.321 e. The van der Waals surface area contributed by atoms with E-state index in [4.69, 9.17) is 5.26 Å². The van der Waals surface area contributed by atoms with Crippen molar-refractivity contribution in [3.63, 3.8) is 0 Å². The van der Waals surface area contributed by atoms with E-state index < -0.39 is 10.8 Å². The van der Waals surface area contributed by atoms with Gasteiger partial charge in [0, 0.05) is 11.8 Å². The van der Waals surface area contributed by atoms with Gasteiger partial charge in [0.15, 0.2) is 0 Å². The molecule has 0 spiro atoms. The molecule has 0 atom stereocenters. The second-order valence-corrected chi connectivity index (χ2v) is 4.69. The Labute approximate surface area is 138 Å². The Morgan fingerprint density at radius 3 is 2.46 bits per heavy atom. The molecule has 2 aromatic rings. The third kappa shape index (κ3) is 4.39. The van der Waals surface area contributed by atoms with Crippen LogP contribution in [0.5, 0.6) is 0 Å². The first-order valence-electron chi connectivity index (χ1n) is 7.00. The highest BCUT2D eigenvalue weighted by atomic mass is 16.6. The van der Waals surface area contributed by atoms with Crippen molar-refractivity contribution in [3.8, 4) is 6.07 Å². The summed E-state index contributed by atoms with van der Waals surface area (Å²) in [5.41, 5.74) is 0.814. The molecule has 0 unspecified atom stereocenters. The first-order chi connectivity index (χ1) is 11.6. The lowest BCUT2D eigenvalue weighted by Crippen LogP contribution is -2.13. The summed E-state index contributed by atoms with van der Waals surface area (Å²) in [5.74, 6) is -0.545. The predicted octanol–water partition coefficient (Wildman–Crippen LogP) is 3.70. The van der Waals surface area contributed by atoms with E-state index in [1.807, 2.05) is 12.1 Å². The quantitative estimate of drug-likeness (QED) is 0.299. The number of benzene rings is 2. The zero-order valence-corrected chi connectivity index (χ0v) is 12.5. The number of nitrogens with zero attached hydrogens (tertiary/aromatic N) is 2. The molecule has 6 heteroatoms. The van der Waals surface area contributed by atoms with Crippen molar-refractivity contribution in [2.75, 3.05) is 5.32 Å². The van der Waals surface area contributed by atoms with Crippen molar-refractivity contribution in [2.24, 2.45) is 0 Å². The fraction of sp³-hybridized carbons (Fsp3) is 0. The monoisotopic (exact) mass is 319 g/mol. The van der Waals surface area contributed by atoms with E-state index in [2.05, 4.69) is 5.32 Å². The number of hydrogen-bond acceptors (Lipinski definition) is 4. The average molecular weight is 319 g/mol. The molecule has 0 aliphatic rings. The molecule has 118 valence electrons. The van der Waals surface area contributed by atoms with Crippen molar-refractivity contribution >= 4 is 23.4 Å². The van der Waals surface area contributed by atoms with Crippen LogP contribution in [0.1, 0.15) is 5.56 Å². The number of para-hydroxylation sites is 2. The number of nitro groups is 1. The largest absolute Gasteiger partial charge is 0.321 e. The molecule has 1 N–H and O–H groups in total. The molecule has 0 aliphatic heterocycles. The van der Waals surface area contributed by atoms with Gasteiger partial charge in [0.05, 0.1) is 10.5 Å². The Hall–Kier alpha value is -3.72. The molecule has 0 saturated carbocycles. The van der Waals surface area contributed by atoms with E-state index in [1.54, 1.807) is 42.5 Å². The van der Waals surface area contributed by atoms with Crippen molar-refractivity contribution in [1.82, 2.24) is 0 Å². The van der Waals surface area contributed by atoms with E-state index in [9.17, 15) is 14.9 Å². The summed E-state index contributed by atoms with van der Waals surface area (Å²) < 4.78 is 0. The number of carbonyl (C=O) groups excluding carboxylic acids is 1. The molecule has 2 rings (SSSR count). The highest BCUT2D eigenvalue weighted by molar-refractivity contribution is 6.06. The first-order valence-corrected chi connectivity index (χ1v) is 7.00. The van der Waals surface area contributed by atoms with Gasteiger partial charge in [0.1, 0.15) is 11.6 Å². The topological polar surface area (TPSA) is 96.0 Å². The van der Waals surface area contributed by atoms with E-state index >= 15 is 0 Å². The standard InChI is InChI=1S/C18H13N3O3/c19-13-15(18(22)20-16-10-2-1-3-11-16)9-6-8-14-7-4-5-12-17(14)21(23)24/h1-12H,(H,20,22). The second kappa shape index (κ2) is 8.06. The van der Waals surface area contributed by atoms with Crippen LogP contribution in [0, 0.1) is 21.4 Å². The Kier molecular flexibility index (Phi) is 5.59. The molecule has 0 aliphatic carbocycles. The molecular formula is C18H13N3O3. The Morgan fingerprint density at radius 2 is 1.79 bits per heavy atom. The highest BCUT2D eigenvalue weighted by Gasteiger charge is 2.10. The SMILES string of the molecule is N#CC(=CC=Cc1ccccc1[N+](=O)[O-])C(=O)Nc1ccccc1. The van der Waals surface area contributed by atoms with Crippen LogP contribution in [-0.2, 0) is 4.79 Å². The molecule has 2 aromatic carbocycles. The molecule has 0 aromatic heterocycles. The number of hydrogen-bond donors (Lipinski definition) is 1. The van der Waals surface area contributed by atoms with Gasteiger partial charge in [0.2, 0.25) is 0 Å². The smallest absolute Gasteiger partial charge is 0.276 e. The minimum absolute atomic E-state index is 0.0469. The third-order valence-electron chi connectivity index (χ3n) is 3.07. The van der Waals surface area contributed by atoms with E-state index in [0.717, 1.165) is 0 Å². The van der Waals surface area contributed by atoms with Crippen LogP contribution in [0.25, 0.3) is 6.08 Å². The zero-order valence-electron chi connectivity index (χ0n) is 12.5.